The third kappa shape index (κ3) is 3.93. The maximum atomic E-state index is 12.1. The summed E-state index contributed by atoms with van der Waals surface area (Å²) in [6.07, 6.45) is 3.02. The first-order chi connectivity index (χ1) is 12.1. The molecule has 2 N–H and O–H groups in total. The molecule has 0 amide bonds. The minimum absolute atomic E-state index is 0.306. The van der Waals surface area contributed by atoms with Gasteiger partial charge in [-0.15, -0.1) is 11.3 Å². The number of thiophene rings is 1. The summed E-state index contributed by atoms with van der Waals surface area (Å²) in [4.78, 5) is 13.4. The molecule has 7 heteroatoms. The summed E-state index contributed by atoms with van der Waals surface area (Å²) < 4.78 is 10.1. The van der Waals surface area contributed by atoms with Crippen LogP contribution in [0.25, 0.3) is 0 Å². The van der Waals surface area contributed by atoms with Crippen molar-refractivity contribution in [2.45, 2.75) is 25.8 Å². The second-order valence-electron chi connectivity index (χ2n) is 5.71. The molecule has 1 aromatic heterocycles. The van der Waals surface area contributed by atoms with Gasteiger partial charge in [0, 0.05) is 11.4 Å². The smallest absolute Gasteiger partial charge is 0.341 e. The predicted octanol–water partition coefficient (Wildman–Crippen LogP) is 3.52. The van der Waals surface area contributed by atoms with Gasteiger partial charge in [-0.3, -0.25) is 0 Å². The molecule has 0 bridgehead atoms. The number of ether oxygens (including phenoxy) is 2. The van der Waals surface area contributed by atoms with Crippen molar-refractivity contribution in [3.05, 3.63) is 45.8 Å². The van der Waals surface area contributed by atoms with Crippen LogP contribution < -0.4 is 15.4 Å². The summed E-state index contributed by atoms with van der Waals surface area (Å²) in [7, 11) is 3.05. The Balaban J connectivity index is 1.65. The normalized spacial score (nSPS) is 12.4. The van der Waals surface area contributed by atoms with Gasteiger partial charge in [0.1, 0.15) is 10.8 Å². The Labute approximate surface area is 156 Å². The van der Waals surface area contributed by atoms with Crippen molar-refractivity contribution >= 4 is 39.6 Å². The number of benzene rings is 1. The molecule has 1 aliphatic carbocycles. The lowest BCUT2D eigenvalue weighted by molar-refractivity contribution is 0.0601. The van der Waals surface area contributed by atoms with E-state index in [2.05, 4.69) is 10.6 Å². The van der Waals surface area contributed by atoms with Gasteiger partial charge in [0.15, 0.2) is 5.11 Å². The lowest BCUT2D eigenvalue weighted by Crippen LogP contribution is -2.28. The van der Waals surface area contributed by atoms with E-state index >= 15 is 0 Å². The van der Waals surface area contributed by atoms with Crippen LogP contribution in [0.3, 0.4) is 0 Å². The Bertz CT molecular complexity index is 784. The second kappa shape index (κ2) is 7.84. The van der Waals surface area contributed by atoms with E-state index in [9.17, 15) is 4.79 Å². The van der Waals surface area contributed by atoms with Gasteiger partial charge in [-0.2, -0.15) is 0 Å². The zero-order valence-electron chi connectivity index (χ0n) is 14.2. The molecule has 0 saturated heterocycles. The van der Waals surface area contributed by atoms with Crippen LogP contribution in [0.15, 0.2) is 24.3 Å². The molecule has 0 unspecified atom stereocenters. The molecule has 5 nitrogen and oxygen atoms in total. The molecule has 0 spiro atoms. The van der Waals surface area contributed by atoms with Crippen molar-refractivity contribution < 1.29 is 14.3 Å². The van der Waals surface area contributed by atoms with Gasteiger partial charge in [-0.1, -0.05) is 12.1 Å². The number of carbonyl (C=O) groups is 1. The van der Waals surface area contributed by atoms with Gasteiger partial charge in [0.2, 0.25) is 0 Å². The van der Waals surface area contributed by atoms with Crippen molar-refractivity contribution in [1.82, 2.24) is 5.32 Å². The molecule has 0 aliphatic heterocycles. The van der Waals surface area contributed by atoms with E-state index in [4.69, 9.17) is 21.7 Å². The van der Waals surface area contributed by atoms with Gasteiger partial charge < -0.3 is 20.1 Å². The number of fused-ring (bicyclic) bond motifs is 1. The lowest BCUT2D eigenvalue weighted by atomic mass is 10.1. The number of esters is 1. The Morgan fingerprint density at radius 3 is 2.68 bits per heavy atom. The molecule has 2 aromatic rings. The quantitative estimate of drug-likeness (QED) is 0.615. The fourth-order valence-corrected chi connectivity index (χ4v) is 4.40. The molecule has 0 atom stereocenters. The Morgan fingerprint density at radius 2 is 2.00 bits per heavy atom. The van der Waals surface area contributed by atoms with E-state index in [1.807, 2.05) is 24.3 Å². The number of anilines is 1. The van der Waals surface area contributed by atoms with Gasteiger partial charge >= 0.3 is 5.97 Å². The molecule has 3 rings (SSSR count). The summed E-state index contributed by atoms with van der Waals surface area (Å²) >= 11 is 6.97. The number of hydrogen-bond acceptors (Lipinski definition) is 5. The topological polar surface area (TPSA) is 59.6 Å². The van der Waals surface area contributed by atoms with Crippen LogP contribution in [0.2, 0.25) is 0 Å². The highest BCUT2D eigenvalue weighted by molar-refractivity contribution is 7.80. The van der Waals surface area contributed by atoms with E-state index < -0.39 is 0 Å². The van der Waals surface area contributed by atoms with E-state index in [1.54, 1.807) is 18.4 Å². The van der Waals surface area contributed by atoms with Crippen molar-refractivity contribution in [3.8, 4) is 5.75 Å². The Morgan fingerprint density at radius 1 is 1.24 bits per heavy atom. The zero-order chi connectivity index (χ0) is 17.8. The van der Waals surface area contributed by atoms with Crippen LogP contribution in [-0.2, 0) is 24.1 Å². The Kier molecular flexibility index (Phi) is 5.55. The van der Waals surface area contributed by atoms with Crippen molar-refractivity contribution in [3.63, 3.8) is 0 Å². The first-order valence-corrected chi connectivity index (χ1v) is 9.25. The first kappa shape index (κ1) is 17.7. The summed E-state index contributed by atoms with van der Waals surface area (Å²) in [5, 5.41) is 7.58. The highest BCUT2D eigenvalue weighted by atomic mass is 32.1. The average molecular weight is 377 g/mol. The maximum Gasteiger partial charge on any atom is 0.341 e. The number of nitrogens with one attached hydrogen (secondary N) is 2. The minimum atomic E-state index is -0.306. The van der Waals surface area contributed by atoms with Crippen LogP contribution in [0, 0.1) is 0 Å². The number of thiocarbonyl (C=S) groups is 1. The lowest BCUT2D eigenvalue weighted by Gasteiger charge is -2.11. The van der Waals surface area contributed by atoms with Gasteiger partial charge in [0.25, 0.3) is 0 Å². The molecule has 0 fully saturated rings. The van der Waals surface area contributed by atoms with Crippen LogP contribution in [0.4, 0.5) is 5.00 Å². The van der Waals surface area contributed by atoms with Gasteiger partial charge in [-0.25, -0.2) is 4.79 Å². The molecule has 1 aliphatic rings. The predicted molar refractivity (Wildman–Crippen MR) is 104 cm³/mol. The van der Waals surface area contributed by atoms with E-state index in [-0.39, 0.29) is 5.97 Å². The first-order valence-electron chi connectivity index (χ1n) is 8.03. The molecule has 132 valence electrons. The van der Waals surface area contributed by atoms with Gasteiger partial charge in [-0.05, 0) is 54.7 Å². The zero-order valence-corrected chi connectivity index (χ0v) is 15.8. The molecular weight excluding hydrogens is 356 g/mol. The average Bonchev–Trinajstić information content (AvgIpc) is 3.20. The number of carbonyl (C=O) groups excluding carboxylic acids is 1. The molecule has 1 heterocycles. The van der Waals surface area contributed by atoms with Crippen LogP contribution in [0.5, 0.6) is 5.75 Å². The van der Waals surface area contributed by atoms with E-state index in [0.717, 1.165) is 41.1 Å². The van der Waals surface area contributed by atoms with Gasteiger partial charge in [0.05, 0.1) is 19.8 Å². The van der Waals surface area contributed by atoms with Crippen LogP contribution in [0.1, 0.15) is 32.8 Å². The molecule has 0 radical (unpaired) electrons. The number of hydrogen-bond donors (Lipinski definition) is 2. The number of rotatable bonds is 5. The van der Waals surface area contributed by atoms with Crippen molar-refractivity contribution in [1.29, 1.82) is 0 Å². The number of methoxy groups -OCH3 is 2. The largest absolute Gasteiger partial charge is 0.497 e. The fraction of sp³-hybridized carbons (Fsp3) is 0.333. The fourth-order valence-electron chi connectivity index (χ4n) is 2.88. The molecule has 1 aromatic carbocycles. The minimum Gasteiger partial charge on any atom is -0.497 e. The van der Waals surface area contributed by atoms with Crippen molar-refractivity contribution in [2.75, 3.05) is 19.5 Å². The second-order valence-corrected chi connectivity index (χ2v) is 7.22. The summed E-state index contributed by atoms with van der Waals surface area (Å²) in [5.74, 6) is 0.514. The number of aryl methyl sites for hydroxylation is 1. The third-order valence-electron chi connectivity index (χ3n) is 4.15. The van der Waals surface area contributed by atoms with Crippen molar-refractivity contribution in [2.24, 2.45) is 0 Å². The Hall–Kier alpha value is -2.12. The monoisotopic (exact) mass is 376 g/mol. The van der Waals surface area contributed by atoms with Crippen LogP contribution in [-0.4, -0.2) is 25.3 Å². The molecule has 0 saturated carbocycles. The summed E-state index contributed by atoms with van der Waals surface area (Å²) in [6.45, 7) is 0.592. The SMILES string of the molecule is COC(=O)c1c(NC(=S)NCc2ccc(OC)cc2)sc2c1CCC2. The highest BCUT2D eigenvalue weighted by Crippen LogP contribution is 2.39. The molecular formula is C18H20N2O3S2. The summed E-state index contributed by atoms with van der Waals surface area (Å²) in [5.41, 5.74) is 2.83. The van der Waals surface area contributed by atoms with E-state index in [0.29, 0.717) is 17.2 Å². The highest BCUT2D eigenvalue weighted by Gasteiger charge is 2.27. The van der Waals surface area contributed by atoms with E-state index in [1.165, 1.54) is 12.0 Å². The molecule has 25 heavy (non-hydrogen) atoms. The maximum absolute atomic E-state index is 12.1. The summed E-state index contributed by atoms with van der Waals surface area (Å²) in [6, 6.07) is 7.78. The van der Waals surface area contributed by atoms with Crippen LogP contribution >= 0.6 is 23.6 Å². The standard InChI is InChI=1S/C18H20N2O3S2/c1-22-12-8-6-11(7-9-12)10-19-18(24)20-16-15(17(21)23-2)13-4-3-5-14(13)25-16/h6-9H,3-5,10H2,1-2H3,(H2,19,20,24). The third-order valence-corrected chi connectivity index (χ3v) is 5.60.